The second-order valence-electron chi connectivity index (χ2n) is 5.63. The highest BCUT2D eigenvalue weighted by molar-refractivity contribution is 5.95. The first-order chi connectivity index (χ1) is 9.70. The highest BCUT2D eigenvalue weighted by Crippen LogP contribution is 2.15. The van der Waals surface area contributed by atoms with Crippen molar-refractivity contribution >= 4 is 11.9 Å². The van der Waals surface area contributed by atoms with Crippen LogP contribution < -0.4 is 0 Å². The van der Waals surface area contributed by atoms with Crippen LogP contribution in [0.15, 0.2) is 6.07 Å². The monoisotopic (exact) mass is 296 g/mol. The van der Waals surface area contributed by atoms with Gasteiger partial charge in [-0.25, -0.2) is 0 Å². The van der Waals surface area contributed by atoms with Gasteiger partial charge in [-0.2, -0.15) is 5.10 Å². The third kappa shape index (κ3) is 5.21. The van der Waals surface area contributed by atoms with Gasteiger partial charge in [-0.3, -0.25) is 14.3 Å². The minimum Gasteiger partial charge on any atom is -0.462 e. The van der Waals surface area contributed by atoms with Crippen molar-refractivity contribution in [2.45, 2.75) is 53.2 Å². The summed E-state index contributed by atoms with van der Waals surface area (Å²) in [5, 5.41) is 4.22. The van der Waals surface area contributed by atoms with Gasteiger partial charge in [0, 0.05) is 19.2 Å². The molecule has 0 aliphatic heterocycles. The molecule has 0 saturated carbocycles. The number of hydrogen-bond acceptors (Lipinski definition) is 5. The maximum Gasteiger partial charge on any atom is 0.320 e. The quantitative estimate of drug-likeness (QED) is 0.591. The Hall–Kier alpha value is -1.85. The standard InChI is InChI=1S/C15H24N2O4/c1-9(2)20-14(18)13(15(19)21-10(3)4)8-12-7-11(5)16-17(12)6/h7,9-10,13H,8H2,1-6H3. The lowest BCUT2D eigenvalue weighted by Crippen LogP contribution is -2.33. The number of aromatic nitrogens is 2. The molecule has 0 bridgehead atoms. The van der Waals surface area contributed by atoms with E-state index in [1.54, 1.807) is 39.4 Å². The molecule has 21 heavy (non-hydrogen) atoms. The molecule has 0 atom stereocenters. The van der Waals surface area contributed by atoms with Gasteiger partial charge in [0.05, 0.1) is 17.9 Å². The molecular formula is C15H24N2O4. The lowest BCUT2D eigenvalue weighted by Gasteiger charge is -2.18. The summed E-state index contributed by atoms with van der Waals surface area (Å²) >= 11 is 0. The number of ether oxygens (including phenoxy) is 2. The Kier molecular flexibility index (Phi) is 5.93. The highest BCUT2D eigenvalue weighted by atomic mass is 16.6. The van der Waals surface area contributed by atoms with E-state index in [0.29, 0.717) is 0 Å². The van der Waals surface area contributed by atoms with E-state index in [9.17, 15) is 9.59 Å². The van der Waals surface area contributed by atoms with Crippen molar-refractivity contribution in [3.63, 3.8) is 0 Å². The van der Waals surface area contributed by atoms with Gasteiger partial charge in [-0.15, -0.1) is 0 Å². The Morgan fingerprint density at radius 1 is 1.14 bits per heavy atom. The number of aryl methyl sites for hydroxylation is 2. The molecule has 0 amide bonds. The summed E-state index contributed by atoms with van der Waals surface area (Å²) in [5.41, 5.74) is 1.62. The second kappa shape index (κ2) is 7.24. The van der Waals surface area contributed by atoms with E-state index in [2.05, 4.69) is 5.10 Å². The van der Waals surface area contributed by atoms with Crippen LogP contribution in [-0.2, 0) is 32.5 Å². The molecule has 0 spiro atoms. The van der Waals surface area contributed by atoms with Crippen molar-refractivity contribution in [3.8, 4) is 0 Å². The number of nitrogens with zero attached hydrogens (tertiary/aromatic N) is 2. The summed E-state index contributed by atoms with van der Waals surface area (Å²) < 4.78 is 12.0. The smallest absolute Gasteiger partial charge is 0.320 e. The van der Waals surface area contributed by atoms with Crippen LogP contribution in [0.5, 0.6) is 0 Å². The maximum atomic E-state index is 12.1. The zero-order valence-corrected chi connectivity index (χ0v) is 13.5. The van der Waals surface area contributed by atoms with Crippen molar-refractivity contribution < 1.29 is 19.1 Å². The number of carbonyl (C=O) groups excluding carboxylic acids is 2. The van der Waals surface area contributed by atoms with Crippen molar-refractivity contribution in [2.24, 2.45) is 13.0 Å². The lowest BCUT2D eigenvalue weighted by molar-refractivity contribution is -0.166. The Morgan fingerprint density at radius 2 is 1.62 bits per heavy atom. The molecule has 0 saturated heterocycles. The molecule has 6 heteroatoms. The topological polar surface area (TPSA) is 70.4 Å². The van der Waals surface area contributed by atoms with Gasteiger partial charge in [-0.05, 0) is 40.7 Å². The van der Waals surface area contributed by atoms with Crippen LogP contribution in [0.25, 0.3) is 0 Å². The summed E-state index contributed by atoms with van der Waals surface area (Å²) in [6.45, 7) is 8.85. The molecule has 1 aromatic heterocycles. The molecule has 6 nitrogen and oxygen atoms in total. The zero-order chi connectivity index (χ0) is 16.2. The van der Waals surface area contributed by atoms with Crippen LogP contribution in [0.3, 0.4) is 0 Å². The predicted octanol–water partition coefficient (Wildman–Crippen LogP) is 1.79. The molecule has 0 aliphatic rings. The predicted molar refractivity (Wildman–Crippen MR) is 77.6 cm³/mol. The maximum absolute atomic E-state index is 12.1. The molecule has 118 valence electrons. The van der Waals surface area contributed by atoms with Crippen LogP contribution in [-0.4, -0.2) is 33.9 Å². The van der Waals surface area contributed by atoms with E-state index in [-0.39, 0.29) is 18.6 Å². The summed E-state index contributed by atoms with van der Waals surface area (Å²) in [6, 6.07) is 1.85. The Morgan fingerprint density at radius 3 is 1.95 bits per heavy atom. The molecule has 0 aliphatic carbocycles. The van der Waals surface area contributed by atoms with E-state index in [1.807, 2.05) is 13.0 Å². The third-order valence-corrected chi connectivity index (χ3v) is 2.78. The first-order valence-electron chi connectivity index (χ1n) is 7.11. The van der Waals surface area contributed by atoms with Gasteiger partial charge in [0.15, 0.2) is 5.92 Å². The fourth-order valence-corrected chi connectivity index (χ4v) is 1.96. The molecule has 0 aromatic carbocycles. The SMILES string of the molecule is Cc1cc(CC(C(=O)OC(C)C)C(=O)OC(C)C)n(C)n1. The first-order valence-corrected chi connectivity index (χ1v) is 7.11. The number of hydrogen-bond donors (Lipinski definition) is 0. The molecule has 1 aromatic rings. The van der Waals surface area contributed by atoms with E-state index < -0.39 is 17.9 Å². The van der Waals surface area contributed by atoms with Crippen LogP contribution in [0.4, 0.5) is 0 Å². The lowest BCUT2D eigenvalue weighted by atomic mass is 10.0. The fourth-order valence-electron chi connectivity index (χ4n) is 1.96. The van der Waals surface area contributed by atoms with E-state index in [4.69, 9.17) is 9.47 Å². The van der Waals surface area contributed by atoms with Gasteiger partial charge in [0.25, 0.3) is 0 Å². The van der Waals surface area contributed by atoms with Gasteiger partial charge in [-0.1, -0.05) is 0 Å². The fraction of sp³-hybridized carbons (Fsp3) is 0.667. The van der Waals surface area contributed by atoms with E-state index in [0.717, 1.165) is 11.4 Å². The molecule has 0 unspecified atom stereocenters. The van der Waals surface area contributed by atoms with Crippen LogP contribution in [0, 0.1) is 12.8 Å². The average Bonchev–Trinajstić information content (AvgIpc) is 2.62. The average molecular weight is 296 g/mol. The summed E-state index contributed by atoms with van der Waals surface area (Å²) in [4.78, 5) is 24.3. The van der Waals surface area contributed by atoms with Gasteiger partial charge in [0.1, 0.15) is 0 Å². The highest BCUT2D eigenvalue weighted by Gasteiger charge is 2.32. The summed E-state index contributed by atoms with van der Waals surface area (Å²) in [7, 11) is 1.78. The zero-order valence-electron chi connectivity index (χ0n) is 13.5. The van der Waals surface area contributed by atoms with Crippen molar-refractivity contribution in [3.05, 3.63) is 17.5 Å². The van der Waals surface area contributed by atoms with Gasteiger partial charge >= 0.3 is 11.9 Å². The second-order valence-corrected chi connectivity index (χ2v) is 5.63. The van der Waals surface area contributed by atoms with Crippen LogP contribution in [0.1, 0.15) is 39.1 Å². The number of esters is 2. The largest absolute Gasteiger partial charge is 0.462 e. The van der Waals surface area contributed by atoms with E-state index >= 15 is 0 Å². The van der Waals surface area contributed by atoms with Gasteiger partial charge < -0.3 is 9.47 Å². The molecular weight excluding hydrogens is 272 g/mol. The van der Waals surface area contributed by atoms with Crippen LogP contribution in [0.2, 0.25) is 0 Å². The van der Waals surface area contributed by atoms with Crippen LogP contribution >= 0.6 is 0 Å². The number of carbonyl (C=O) groups is 2. The molecule has 1 rings (SSSR count). The van der Waals surface area contributed by atoms with E-state index in [1.165, 1.54) is 0 Å². The van der Waals surface area contributed by atoms with Gasteiger partial charge in [0.2, 0.25) is 0 Å². The normalized spacial score (nSPS) is 11.3. The third-order valence-electron chi connectivity index (χ3n) is 2.78. The Labute approximate surface area is 125 Å². The molecule has 0 fully saturated rings. The summed E-state index contributed by atoms with van der Waals surface area (Å²) in [6.07, 6.45) is -0.339. The molecule has 0 radical (unpaired) electrons. The van der Waals surface area contributed by atoms with Crippen molar-refractivity contribution in [2.75, 3.05) is 0 Å². The molecule has 0 N–H and O–H groups in total. The molecule has 1 heterocycles. The number of rotatable bonds is 6. The first kappa shape index (κ1) is 17.2. The van der Waals surface area contributed by atoms with Crippen molar-refractivity contribution in [1.82, 2.24) is 9.78 Å². The Balaban J connectivity index is 2.93. The Bertz CT molecular complexity index is 484. The minimum atomic E-state index is -0.968. The minimum absolute atomic E-state index is 0.217. The summed E-state index contributed by atoms with van der Waals surface area (Å²) in [5.74, 6) is -2.09. The van der Waals surface area contributed by atoms with Crippen molar-refractivity contribution in [1.29, 1.82) is 0 Å².